The third-order valence-corrected chi connectivity index (χ3v) is 4.72. The molecule has 0 spiro atoms. The predicted octanol–water partition coefficient (Wildman–Crippen LogP) is 3.74. The van der Waals surface area contributed by atoms with Gasteiger partial charge in [0.1, 0.15) is 6.10 Å². The fourth-order valence-corrected chi connectivity index (χ4v) is 3.22. The number of nitrogens with two attached hydrogens (primary N) is 1. The lowest BCUT2D eigenvalue weighted by Crippen LogP contribution is -2.46. The summed E-state index contributed by atoms with van der Waals surface area (Å²) in [6.07, 6.45) is 6.63. The third kappa shape index (κ3) is 7.15. The van der Waals surface area contributed by atoms with E-state index < -0.39 is 0 Å². The fraction of sp³-hybridized carbons (Fsp3) is 0.368. The van der Waals surface area contributed by atoms with E-state index in [1.165, 1.54) is 12.4 Å². The third-order valence-electron chi connectivity index (χ3n) is 4.13. The van der Waals surface area contributed by atoms with Crippen molar-refractivity contribution >= 4 is 35.4 Å². The second-order valence-corrected chi connectivity index (χ2v) is 6.92. The lowest BCUT2D eigenvalue weighted by molar-refractivity contribution is 0.0599. The minimum absolute atomic E-state index is 0.00781. The molecule has 146 valence electrons. The summed E-state index contributed by atoms with van der Waals surface area (Å²) in [4.78, 5) is 18.1. The van der Waals surface area contributed by atoms with Crippen LogP contribution in [0.1, 0.15) is 18.4 Å². The Morgan fingerprint density at radius 1 is 1.41 bits per heavy atom. The van der Waals surface area contributed by atoms with Gasteiger partial charge in [-0.25, -0.2) is 9.79 Å². The average Bonchev–Trinajstić information content (AvgIpc) is 2.64. The summed E-state index contributed by atoms with van der Waals surface area (Å²) in [6, 6.07) is 5.29. The monoisotopic (exact) mass is 410 g/mol. The van der Waals surface area contributed by atoms with Crippen molar-refractivity contribution in [2.75, 3.05) is 19.6 Å². The van der Waals surface area contributed by atoms with Gasteiger partial charge >= 0.3 is 6.03 Å². The van der Waals surface area contributed by atoms with Crippen molar-refractivity contribution in [1.82, 2.24) is 10.2 Å². The lowest BCUT2D eigenvalue weighted by Gasteiger charge is -2.32. The van der Waals surface area contributed by atoms with Crippen molar-refractivity contribution in [2.24, 2.45) is 10.7 Å². The highest BCUT2D eigenvalue weighted by Crippen LogP contribution is 2.21. The number of piperidine rings is 1. The quantitative estimate of drug-likeness (QED) is 0.530. The molecule has 6 nitrogen and oxygen atoms in total. The Bertz CT molecular complexity index is 714. The summed E-state index contributed by atoms with van der Waals surface area (Å²) in [6.45, 7) is 5.51. The first kappa shape index (κ1) is 21.1. The second-order valence-electron chi connectivity index (χ2n) is 6.08. The molecule has 1 heterocycles. The normalized spacial score (nSPS) is 15.4. The molecule has 0 aliphatic carbocycles. The van der Waals surface area contributed by atoms with E-state index in [2.05, 4.69) is 16.9 Å². The number of likely N-dealkylation sites (tertiary alicyclic amines) is 1. The molecule has 1 aliphatic rings. The number of hydrogen-bond acceptors (Lipinski definition) is 4. The first-order valence-electron chi connectivity index (χ1n) is 8.72. The summed E-state index contributed by atoms with van der Waals surface area (Å²) < 4.78 is 5.68. The number of nitrogens with one attached hydrogen (secondary N) is 1. The number of amides is 2. The van der Waals surface area contributed by atoms with E-state index in [1.807, 2.05) is 6.07 Å². The summed E-state index contributed by atoms with van der Waals surface area (Å²) in [5, 5.41) is 4.14. The molecule has 3 N–H and O–H groups in total. The Morgan fingerprint density at radius 2 is 2.15 bits per heavy atom. The highest BCUT2D eigenvalue weighted by Gasteiger charge is 2.23. The number of hydrogen-bond donors (Lipinski definition) is 2. The van der Waals surface area contributed by atoms with Gasteiger partial charge in [-0.3, -0.25) is 0 Å². The van der Waals surface area contributed by atoms with Gasteiger partial charge in [-0.1, -0.05) is 29.3 Å². The van der Waals surface area contributed by atoms with Crippen LogP contribution in [0.5, 0.6) is 0 Å². The SMILES string of the molecule is C=C(N=C/C=C\N)OC1CCN(C(=O)NCCc2ccc(Cl)cc2Cl)CC1. The number of nitrogens with zero attached hydrogens (tertiary/aromatic N) is 2. The number of rotatable bonds is 7. The summed E-state index contributed by atoms with van der Waals surface area (Å²) in [7, 11) is 0. The molecule has 0 bridgehead atoms. The Hall–Kier alpha value is -2.18. The zero-order valence-electron chi connectivity index (χ0n) is 15.0. The number of ether oxygens (including phenoxy) is 1. The van der Waals surface area contributed by atoms with Crippen molar-refractivity contribution in [1.29, 1.82) is 0 Å². The zero-order valence-corrected chi connectivity index (χ0v) is 16.5. The number of carbonyl (C=O) groups is 1. The molecule has 0 saturated carbocycles. The summed E-state index contributed by atoms with van der Waals surface area (Å²) >= 11 is 12.0. The summed E-state index contributed by atoms with van der Waals surface area (Å²) in [5.74, 6) is 0.343. The minimum atomic E-state index is -0.0801. The number of halogens is 2. The Kier molecular flexibility index (Phi) is 8.48. The van der Waals surface area contributed by atoms with Crippen LogP contribution in [0.3, 0.4) is 0 Å². The van der Waals surface area contributed by atoms with Gasteiger partial charge in [0.2, 0.25) is 5.88 Å². The van der Waals surface area contributed by atoms with E-state index >= 15 is 0 Å². The first-order valence-corrected chi connectivity index (χ1v) is 9.48. The van der Waals surface area contributed by atoms with Gasteiger partial charge in [0.25, 0.3) is 0 Å². The van der Waals surface area contributed by atoms with E-state index in [4.69, 9.17) is 33.7 Å². The molecule has 1 aromatic carbocycles. The van der Waals surface area contributed by atoms with Gasteiger partial charge in [-0.2, -0.15) is 0 Å². The maximum absolute atomic E-state index is 12.3. The molecule has 2 amide bonds. The van der Waals surface area contributed by atoms with E-state index in [0.29, 0.717) is 42.0 Å². The van der Waals surface area contributed by atoms with Gasteiger partial charge in [0.15, 0.2) is 0 Å². The van der Waals surface area contributed by atoms with Gasteiger partial charge in [-0.05, 0) is 43.0 Å². The van der Waals surface area contributed by atoms with Crippen molar-refractivity contribution < 1.29 is 9.53 Å². The topological polar surface area (TPSA) is 80.0 Å². The minimum Gasteiger partial charge on any atom is -0.475 e. The Labute approximate surface area is 169 Å². The molecule has 1 aliphatic heterocycles. The number of aliphatic imine (C=N–C) groups is 1. The molecule has 0 aromatic heterocycles. The average molecular weight is 411 g/mol. The lowest BCUT2D eigenvalue weighted by atomic mass is 10.1. The van der Waals surface area contributed by atoms with Crippen LogP contribution >= 0.6 is 23.2 Å². The number of allylic oxidation sites excluding steroid dienone is 1. The molecule has 1 saturated heterocycles. The van der Waals surface area contributed by atoms with Crippen LogP contribution in [0.15, 0.2) is 47.9 Å². The van der Waals surface area contributed by atoms with Crippen LogP contribution in [-0.2, 0) is 11.2 Å². The van der Waals surface area contributed by atoms with Crippen LogP contribution in [-0.4, -0.2) is 42.9 Å². The van der Waals surface area contributed by atoms with Gasteiger partial charge in [0.05, 0.1) is 0 Å². The van der Waals surface area contributed by atoms with E-state index in [1.54, 1.807) is 23.1 Å². The number of benzene rings is 1. The molecular formula is C19H24Cl2N4O2. The van der Waals surface area contributed by atoms with Crippen LogP contribution in [0, 0.1) is 0 Å². The van der Waals surface area contributed by atoms with E-state index in [9.17, 15) is 4.79 Å². The molecule has 8 heteroatoms. The van der Waals surface area contributed by atoms with Gasteiger partial charge in [-0.15, -0.1) is 0 Å². The maximum Gasteiger partial charge on any atom is 0.317 e. The zero-order chi connectivity index (χ0) is 19.6. The molecule has 1 aromatic rings. The number of carbonyl (C=O) groups excluding carboxylic acids is 1. The van der Waals surface area contributed by atoms with Crippen LogP contribution < -0.4 is 11.1 Å². The standard InChI is InChI=1S/C19H24Cl2N4O2/c1-14(23-9-2-8-22)27-17-6-11-25(12-7-17)19(26)24-10-5-15-3-4-16(20)13-18(15)21/h2-4,8-9,13,17H,1,5-7,10-12,22H2,(H,24,26)/b8-2-,23-9?. The Balaban J connectivity index is 1.69. The molecule has 2 rings (SSSR count). The fourth-order valence-electron chi connectivity index (χ4n) is 2.72. The smallest absolute Gasteiger partial charge is 0.317 e. The Morgan fingerprint density at radius 3 is 2.81 bits per heavy atom. The van der Waals surface area contributed by atoms with Crippen molar-refractivity contribution in [3.05, 3.63) is 58.5 Å². The maximum atomic E-state index is 12.3. The first-order chi connectivity index (χ1) is 13.0. The highest BCUT2D eigenvalue weighted by molar-refractivity contribution is 6.35. The second kappa shape index (κ2) is 10.8. The van der Waals surface area contributed by atoms with Gasteiger partial charge < -0.3 is 20.7 Å². The van der Waals surface area contributed by atoms with Crippen LogP contribution in [0.2, 0.25) is 10.0 Å². The van der Waals surface area contributed by atoms with E-state index in [0.717, 1.165) is 18.4 Å². The van der Waals surface area contributed by atoms with Crippen LogP contribution in [0.25, 0.3) is 0 Å². The van der Waals surface area contributed by atoms with E-state index in [-0.39, 0.29) is 12.1 Å². The van der Waals surface area contributed by atoms with Crippen molar-refractivity contribution in [2.45, 2.75) is 25.4 Å². The molecule has 27 heavy (non-hydrogen) atoms. The molecule has 1 fully saturated rings. The van der Waals surface area contributed by atoms with Gasteiger partial charge in [0, 0.05) is 48.7 Å². The summed E-state index contributed by atoms with van der Waals surface area (Å²) in [5.41, 5.74) is 6.18. The van der Waals surface area contributed by atoms with Crippen molar-refractivity contribution in [3.63, 3.8) is 0 Å². The van der Waals surface area contributed by atoms with Crippen LogP contribution in [0.4, 0.5) is 4.79 Å². The van der Waals surface area contributed by atoms with Crippen molar-refractivity contribution in [3.8, 4) is 0 Å². The number of urea groups is 1. The molecular weight excluding hydrogens is 387 g/mol. The highest BCUT2D eigenvalue weighted by atomic mass is 35.5. The molecule has 0 unspecified atom stereocenters. The molecule has 0 radical (unpaired) electrons. The largest absolute Gasteiger partial charge is 0.475 e. The molecule has 0 atom stereocenters. The predicted molar refractivity (Wildman–Crippen MR) is 110 cm³/mol.